The van der Waals surface area contributed by atoms with Crippen LogP contribution >= 0.6 is 15.9 Å². The Bertz CT molecular complexity index is 708. The highest BCUT2D eigenvalue weighted by molar-refractivity contribution is 9.10. The first kappa shape index (κ1) is 15.6. The number of halogens is 1. The fraction of sp³-hybridized carbons (Fsp3) is 0.471. The number of amides is 1. The topological polar surface area (TPSA) is 45.5 Å². The summed E-state index contributed by atoms with van der Waals surface area (Å²) in [4.78, 5) is 14.6. The van der Waals surface area contributed by atoms with E-state index in [1.165, 1.54) is 0 Å². The second kappa shape index (κ2) is 6.05. The van der Waals surface area contributed by atoms with Crippen molar-refractivity contribution in [2.75, 3.05) is 13.1 Å². The van der Waals surface area contributed by atoms with Gasteiger partial charge in [0.15, 0.2) is 0 Å². The van der Waals surface area contributed by atoms with Crippen molar-refractivity contribution in [1.82, 2.24) is 9.47 Å². The van der Waals surface area contributed by atoms with Gasteiger partial charge in [-0.05, 0) is 38.8 Å². The van der Waals surface area contributed by atoms with Gasteiger partial charge in [-0.2, -0.15) is 0 Å². The number of aliphatic hydroxyl groups excluding tert-OH is 1. The highest BCUT2D eigenvalue weighted by Crippen LogP contribution is 2.29. The molecule has 5 heteroatoms. The van der Waals surface area contributed by atoms with Crippen molar-refractivity contribution in [1.29, 1.82) is 0 Å². The number of carbonyl (C=O) groups is 1. The largest absolute Gasteiger partial charge is 0.391 e. The van der Waals surface area contributed by atoms with E-state index >= 15 is 0 Å². The summed E-state index contributed by atoms with van der Waals surface area (Å²) in [6, 6.07) is 6.29. The van der Waals surface area contributed by atoms with Gasteiger partial charge in [0.05, 0.1) is 17.2 Å². The zero-order chi connectivity index (χ0) is 15.9. The summed E-state index contributed by atoms with van der Waals surface area (Å²) in [6.45, 7) is 5.38. The minimum absolute atomic E-state index is 0.0190. The lowest BCUT2D eigenvalue weighted by atomic mass is 10.1. The van der Waals surface area contributed by atoms with Crippen molar-refractivity contribution in [2.24, 2.45) is 0 Å². The lowest BCUT2D eigenvalue weighted by Gasteiger charge is -2.30. The second-order valence-electron chi connectivity index (χ2n) is 6.25. The fourth-order valence-electron chi connectivity index (χ4n) is 3.13. The van der Waals surface area contributed by atoms with E-state index in [1.807, 2.05) is 18.3 Å². The van der Waals surface area contributed by atoms with Gasteiger partial charge < -0.3 is 14.6 Å². The number of aliphatic hydroxyl groups is 1. The Balaban J connectivity index is 2.05. The molecule has 0 spiro atoms. The molecule has 0 aliphatic carbocycles. The van der Waals surface area contributed by atoms with Crippen LogP contribution in [-0.4, -0.2) is 39.7 Å². The van der Waals surface area contributed by atoms with E-state index < -0.39 is 6.10 Å². The van der Waals surface area contributed by atoms with Gasteiger partial charge in [-0.15, -0.1) is 0 Å². The summed E-state index contributed by atoms with van der Waals surface area (Å²) in [5.74, 6) is 0.0190. The summed E-state index contributed by atoms with van der Waals surface area (Å²) in [5.41, 5.74) is 1.79. The molecule has 1 aliphatic heterocycles. The molecule has 2 aromatic rings. The molecule has 1 atom stereocenters. The van der Waals surface area contributed by atoms with Crippen LogP contribution in [-0.2, 0) is 0 Å². The number of aromatic nitrogens is 1. The fourth-order valence-corrected chi connectivity index (χ4v) is 3.48. The standard InChI is InChI=1S/C17H21BrN2O2/c1-11(2)20-10-15(14-6-5-12(18)8-16(14)20)17(22)19-7-3-4-13(21)9-19/h5-6,8,10-11,13,21H,3-4,7,9H2,1-2H3. The van der Waals surface area contributed by atoms with Crippen molar-refractivity contribution in [2.45, 2.75) is 38.8 Å². The second-order valence-corrected chi connectivity index (χ2v) is 7.17. The van der Waals surface area contributed by atoms with Gasteiger partial charge in [-0.25, -0.2) is 0 Å². The molecule has 1 fully saturated rings. The summed E-state index contributed by atoms with van der Waals surface area (Å²) >= 11 is 3.50. The van der Waals surface area contributed by atoms with E-state index in [0.29, 0.717) is 6.54 Å². The molecule has 4 nitrogen and oxygen atoms in total. The summed E-state index contributed by atoms with van der Waals surface area (Å²) in [5, 5.41) is 10.8. The molecule has 22 heavy (non-hydrogen) atoms. The van der Waals surface area contributed by atoms with Crippen LogP contribution in [0.5, 0.6) is 0 Å². The van der Waals surface area contributed by atoms with E-state index in [-0.39, 0.29) is 11.9 Å². The molecule has 1 aliphatic rings. The van der Waals surface area contributed by atoms with Gasteiger partial charge in [0.1, 0.15) is 0 Å². The number of piperidine rings is 1. The number of hydrogen-bond donors (Lipinski definition) is 1. The third kappa shape index (κ3) is 2.79. The van der Waals surface area contributed by atoms with Crippen molar-refractivity contribution in [3.8, 4) is 0 Å². The van der Waals surface area contributed by atoms with Crippen molar-refractivity contribution < 1.29 is 9.90 Å². The molecule has 1 unspecified atom stereocenters. The van der Waals surface area contributed by atoms with Crippen LogP contribution in [0.25, 0.3) is 10.9 Å². The minimum atomic E-state index is -0.398. The molecule has 1 saturated heterocycles. The number of fused-ring (bicyclic) bond motifs is 1. The summed E-state index contributed by atoms with van der Waals surface area (Å²) < 4.78 is 3.14. The first-order chi connectivity index (χ1) is 10.5. The number of hydrogen-bond acceptors (Lipinski definition) is 2. The van der Waals surface area contributed by atoms with Crippen LogP contribution in [0.15, 0.2) is 28.9 Å². The number of nitrogens with zero attached hydrogens (tertiary/aromatic N) is 2. The molecule has 2 heterocycles. The van der Waals surface area contributed by atoms with Crippen molar-refractivity contribution in [3.63, 3.8) is 0 Å². The first-order valence-electron chi connectivity index (χ1n) is 7.75. The molecule has 1 N–H and O–H groups in total. The highest BCUT2D eigenvalue weighted by atomic mass is 79.9. The van der Waals surface area contributed by atoms with E-state index in [9.17, 15) is 9.90 Å². The number of β-amino-alcohol motifs (C(OH)–C–C–N with tert-alkyl or cyclic N) is 1. The molecule has 0 radical (unpaired) electrons. The predicted molar refractivity (Wildman–Crippen MR) is 91.2 cm³/mol. The Hall–Kier alpha value is -1.33. The average Bonchev–Trinajstić information content (AvgIpc) is 2.85. The van der Waals surface area contributed by atoms with Crippen LogP contribution in [0.1, 0.15) is 43.1 Å². The number of likely N-dealkylation sites (tertiary alicyclic amines) is 1. The van der Waals surface area contributed by atoms with Crippen LogP contribution in [0, 0.1) is 0 Å². The molecule has 0 saturated carbocycles. The van der Waals surface area contributed by atoms with Crippen LogP contribution in [0.2, 0.25) is 0 Å². The molecule has 0 bridgehead atoms. The predicted octanol–water partition coefficient (Wildman–Crippen LogP) is 3.58. The lowest BCUT2D eigenvalue weighted by molar-refractivity contribution is 0.0475. The van der Waals surface area contributed by atoms with Gasteiger partial charge in [-0.1, -0.05) is 22.0 Å². The number of rotatable bonds is 2. The molecule has 118 valence electrons. The summed E-state index contributed by atoms with van der Waals surface area (Å²) in [6.07, 6.45) is 3.20. The maximum absolute atomic E-state index is 12.9. The monoisotopic (exact) mass is 364 g/mol. The molecule has 1 aromatic carbocycles. The van der Waals surface area contributed by atoms with Gasteiger partial charge in [0.2, 0.25) is 0 Å². The zero-order valence-electron chi connectivity index (χ0n) is 12.9. The van der Waals surface area contributed by atoms with E-state index in [1.54, 1.807) is 4.90 Å². The Kier molecular flexibility index (Phi) is 4.28. The third-order valence-electron chi connectivity index (χ3n) is 4.27. The Morgan fingerprint density at radius 3 is 2.86 bits per heavy atom. The zero-order valence-corrected chi connectivity index (χ0v) is 14.5. The molecular formula is C17H21BrN2O2. The highest BCUT2D eigenvalue weighted by Gasteiger charge is 2.26. The average molecular weight is 365 g/mol. The first-order valence-corrected chi connectivity index (χ1v) is 8.54. The quantitative estimate of drug-likeness (QED) is 0.884. The van der Waals surface area contributed by atoms with Gasteiger partial charge in [0.25, 0.3) is 5.91 Å². The maximum atomic E-state index is 12.9. The smallest absolute Gasteiger partial charge is 0.256 e. The number of benzene rings is 1. The van der Waals surface area contributed by atoms with Gasteiger partial charge in [-0.3, -0.25) is 4.79 Å². The lowest BCUT2D eigenvalue weighted by Crippen LogP contribution is -2.42. The summed E-state index contributed by atoms with van der Waals surface area (Å²) in [7, 11) is 0. The Morgan fingerprint density at radius 2 is 2.18 bits per heavy atom. The number of carbonyl (C=O) groups excluding carboxylic acids is 1. The molecule has 1 aromatic heterocycles. The molecule has 1 amide bonds. The van der Waals surface area contributed by atoms with E-state index in [2.05, 4.69) is 40.4 Å². The maximum Gasteiger partial charge on any atom is 0.256 e. The van der Waals surface area contributed by atoms with Gasteiger partial charge >= 0.3 is 0 Å². The normalized spacial score (nSPS) is 19.1. The van der Waals surface area contributed by atoms with Gasteiger partial charge in [0, 0.05) is 35.2 Å². The van der Waals surface area contributed by atoms with E-state index in [4.69, 9.17) is 0 Å². The molecular weight excluding hydrogens is 344 g/mol. The van der Waals surface area contributed by atoms with Crippen LogP contribution < -0.4 is 0 Å². The van der Waals surface area contributed by atoms with Crippen molar-refractivity contribution in [3.05, 3.63) is 34.4 Å². The Morgan fingerprint density at radius 1 is 1.41 bits per heavy atom. The SMILES string of the molecule is CC(C)n1cc(C(=O)N2CCCC(O)C2)c2ccc(Br)cc21. The molecule has 3 rings (SSSR count). The van der Waals surface area contributed by atoms with Crippen LogP contribution in [0.3, 0.4) is 0 Å². The Labute approximate surface area is 138 Å². The third-order valence-corrected chi connectivity index (χ3v) is 4.76. The van der Waals surface area contributed by atoms with E-state index in [0.717, 1.165) is 40.3 Å². The van der Waals surface area contributed by atoms with Crippen LogP contribution in [0.4, 0.5) is 0 Å². The minimum Gasteiger partial charge on any atom is -0.391 e. The van der Waals surface area contributed by atoms with Crippen molar-refractivity contribution >= 4 is 32.7 Å².